The van der Waals surface area contributed by atoms with Crippen LogP contribution in [-0.2, 0) is 65.4 Å². The lowest BCUT2D eigenvalue weighted by molar-refractivity contribution is -0.161. The minimum absolute atomic E-state index is 0.108. The van der Waals surface area contributed by atoms with Crippen molar-refractivity contribution in [2.45, 2.75) is 431 Å². The van der Waals surface area contributed by atoms with E-state index < -0.39 is 97.5 Å². The second kappa shape index (κ2) is 71.5. The molecule has 19 heteroatoms. The van der Waals surface area contributed by atoms with Crippen molar-refractivity contribution in [2.75, 3.05) is 39.6 Å². The highest BCUT2D eigenvalue weighted by Gasteiger charge is 2.30. The Hall–Kier alpha value is -1.94. The van der Waals surface area contributed by atoms with Gasteiger partial charge in [-0.15, -0.1) is 0 Å². The van der Waals surface area contributed by atoms with Crippen molar-refractivity contribution in [3.8, 4) is 0 Å². The molecule has 0 aliphatic heterocycles. The second-order valence-corrected chi connectivity index (χ2v) is 30.7. The van der Waals surface area contributed by atoms with Gasteiger partial charge in [-0.25, -0.2) is 9.13 Å². The summed E-state index contributed by atoms with van der Waals surface area (Å²) in [7, 11) is -9.90. The molecule has 17 nitrogen and oxygen atoms in total. The summed E-state index contributed by atoms with van der Waals surface area (Å²) in [4.78, 5) is 72.6. The van der Waals surface area contributed by atoms with Gasteiger partial charge in [0.1, 0.15) is 19.3 Å². The van der Waals surface area contributed by atoms with Crippen LogP contribution >= 0.6 is 15.6 Å². The third-order valence-corrected chi connectivity index (χ3v) is 20.0. The van der Waals surface area contributed by atoms with Crippen LogP contribution in [0.1, 0.15) is 413 Å². The van der Waals surface area contributed by atoms with Crippen molar-refractivity contribution in [1.29, 1.82) is 0 Å². The number of unbranched alkanes of at least 4 members (excludes halogenated alkanes) is 52. The van der Waals surface area contributed by atoms with Crippen molar-refractivity contribution in [1.82, 2.24) is 0 Å². The summed E-state index contributed by atoms with van der Waals surface area (Å²) in [6.45, 7) is 4.92. The molecule has 0 bridgehead atoms. The molecule has 0 saturated carbocycles. The summed E-state index contributed by atoms with van der Waals surface area (Å²) in [5.74, 6) is -2.12. The lowest BCUT2D eigenvalue weighted by atomic mass is 10.0. The zero-order valence-electron chi connectivity index (χ0n) is 62.4. The van der Waals surface area contributed by atoms with Gasteiger partial charge in [0.2, 0.25) is 0 Å². The van der Waals surface area contributed by atoms with Crippen LogP contribution in [0.4, 0.5) is 0 Å². The average molecular weight is 1410 g/mol. The number of aliphatic hydroxyl groups is 1. The SMILES string of the molecule is CCCCCCCCCCCCCCCCCCCCC(=O)O[C@H](COC(=O)CCCCCCCCCCCCCCCCCCC)COP(=O)(O)OC[C@@H](O)COP(=O)(O)OC[C@@H](COC(=O)CCCCCCC)OC(=O)CCCCCCCCCCCCCCCCCC. The zero-order chi connectivity index (χ0) is 70.4. The molecule has 0 aromatic rings. The minimum Gasteiger partial charge on any atom is -0.462 e. The van der Waals surface area contributed by atoms with E-state index in [1.165, 1.54) is 238 Å². The average Bonchev–Trinajstić information content (AvgIpc) is 1.48. The lowest BCUT2D eigenvalue weighted by Crippen LogP contribution is -2.30. The molecule has 0 saturated heterocycles. The molecule has 0 aliphatic rings. The Bertz CT molecular complexity index is 1830. The zero-order valence-corrected chi connectivity index (χ0v) is 64.1. The number of carbonyl (C=O) groups excluding carboxylic acids is 4. The first-order chi connectivity index (χ1) is 46.7. The smallest absolute Gasteiger partial charge is 0.462 e. The fraction of sp³-hybridized carbons (Fsp3) is 0.948. The molecule has 0 heterocycles. The normalized spacial score (nSPS) is 13.9. The number of phosphoric ester groups is 2. The lowest BCUT2D eigenvalue weighted by Gasteiger charge is -2.21. The molecule has 0 aromatic heterocycles. The number of ether oxygens (including phenoxy) is 4. The van der Waals surface area contributed by atoms with Gasteiger partial charge in [0.05, 0.1) is 26.4 Å². The van der Waals surface area contributed by atoms with Crippen LogP contribution < -0.4 is 0 Å². The first-order valence-electron chi connectivity index (χ1n) is 40.3. The van der Waals surface area contributed by atoms with Crippen molar-refractivity contribution in [3.63, 3.8) is 0 Å². The fourth-order valence-electron chi connectivity index (χ4n) is 11.9. The van der Waals surface area contributed by atoms with Gasteiger partial charge in [0.15, 0.2) is 12.2 Å². The van der Waals surface area contributed by atoms with Crippen molar-refractivity contribution < 1.29 is 80.2 Å². The quantitative estimate of drug-likeness (QED) is 0.0222. The predicted octanol–water partition coefficient (Wildman–Crippen LogP) is 23.0. The minimum atomic E-state index is -4.95. The molecular weight excluding hydrogens is 1260 g/mol. The number of aliphatic hydroxyl groups excluding tert-OH is 1. The second-order valence-electron chi connectivity index (χ2n) is 27.7. The van der Waals surface area contributed by atoms with Crippen LogP contribution in [0.15, 0.2) is 0 Å². The highest BCUT2D eigenvalue weighted by molar-refractivity contribution is 7.47. The molecule has 2 unspecified atom stereocenters. The van der Waals surface area contributed by atoms with Crippen molar-refractivity contribution in [3.05, 3.63) is 0 Å². The number of hydrogen-bond donors (Lipinski definition) is 3. The van der Waals surface area contributed by atoms with Crippen molar-refractivity contribution in [2.24, 2.45) is 0 Å². The van der Waals surface area contributed by atoms with E-state index in [0.717, 1.165) is 96.3 Å². The summed E-state index contributed by atoms with van der Waals surface area (Å²) < 4.78 is 68.4. The van der Waals surface area contributed by atoms with E-state index in [1.54, 1.807) is 0 Å². The summed E-state index contributed by atoms with van der Waals surface area (Å²) in [5.41, 5.74) is 0. The number of hydrogen-bond acceptors (Lipinski definition) is 15. The number of phosphoric acid groups is 2. The van der Waals surface area contributed by atoms with E-state index in [1.807, 2.05) is 0 Å². The molecule has 0 spiro atoms. The molecule has 3 N–H and O–H groups in total. The van der Waals surface area contributed by atoms with Crippen LogP contribution in [0.2, 0.25) is 0 Å². The van der Waals surface area contributed by atoms with Gasteiger partial charge in [-0.1, -0.05) is 362 Å². The fourth-order valence-corrected chi connectivity index (χ4v) is 13.5. The van der Waals surface area contributed by atoms with E-state index in [2.05, 4.69) is 27.7 Å². The van der Waals surface area contributed by atoms with Crippen LogP contribution in [-0.4, -0.2) is 96.7 Å². The summed E-state index contributed by atoms with van der Waals surface area (Å²) in [6, 6.07) is 0. The molecule has 570 valence electrons. The number of esters is 4. The highest BCUT2D eigenvalue weighted by Crippen LogP contribution is 2.45. The first kappa shape index (κ1) is 94.1. The Balaban J connectivity index is 5.13. The van der Waals surface area contributed by atoms with Crippen LogP contribution in [0.5, 0.6) is 0 Å². The summed E-state index contributed by atoms with van der Waals surface area (Å²) >= 11 is 0. The van der Waals surface area contributed by atoms with Gasteiger partial charge in [-0.05, 0) is 25.7 Å². The Morgan fingerprint density at radius 1 is 0.250 bits per heavy atom. The third kappa shape index (κ3) is 70.5. The molecule has 0 amide bonds. The van der Waals surface area contributed by atoms with E-state index in [0.29, 0.717) is 25.7 Å². The Morgan fingerprint density at radius 3 is 0.615 bits per heavy atom. The largest absolute Gasteiger partial charge is 0.472 e. The predicted molar refractivity (Wildman–Crippen MR) is 391 cm³/mol. The van der Waals surface area contributed by atoms with E-state index in [-0.39, 0.29) is 25.7 Å². The first-order valence-corrected chi connectivity index (χ1v) is 43.3. The van der Waals surface area contributed by atoms with Crippen LogP contribution in [0.3, 0.4) is 0 Å². The summed E-state index contributed by atoms with van der Waals surface area (Å²) in [6.07, 6.45) is 62.8. The molecule has 0 fully saturated rings. The van der Waals surface area contributed by atoms with Gasteiger partial charge >= 0.3 is 39.5 Å². The van der Waals surface area contributed by atoms with E-state index in [9.17, 15) is 43.2 Å². The van der Waals surface area contributed by atoms with Gasteiger partial charge in [0, 0.05) is 25.7 Å². The number of carbonyl (C=O) groups is 4. The summed E-state index contributed by atoms with van der Waals surface area (Å²) in [5, 5.41) is 10.6. The van der Waals surface area contributed by atoms with Gasteiger partial charge in [-0.3, -0.25) is 37.3 Å². The molecule has 0 rings (SSSR count). The van der Waals surface area contributed by atoms with Crippen molar-refractivity contribution >= 4 is 39.5 Å². The van der Waals surface area contributed by atoms with E-state index in [4.69, 9.17) is 37.0 Å². The monoisotopic (exact) mass is 1410 g/mol. The maximum Gasteiger partial charge on any atom is 0.472 e. The maximum absolute atomic E-state index is 13.1. The van der Waals surface area contributed by atoms with Gasteiger partial charge in [-0.2, -0.15) is 0 Å². The molecule has 5 atom stereocenters. The molecule has 0 radical (unpaired) electrons. The Morgan fingerprint density at radius 2 is 0.417 bits per heavy atom. The standard InChI is InChI=1S/C77H150O17P2/c1-5-9-13-17-20-23-26-29-32-35-37-40-43-46-49-52-56-60-64-77(82)94-73(68-88-75(80)62-58-54-50-47-44-41-39-36-33-30-27-24-21-18-14-10-6-2)70-92-96(85,86)90-66-71(78)65-89-95(83,84)91-69-72(67-87-74(79)61-57-53-16-12-8-4)93-76(81)63-59-55-51-48-45-42-38-34-31-28-25-22-19-15-11-7-3/h71-73,78H,5-70H2,1-4H3,(H,83,84)(H,85,86)/t71-,72+,73+/m0/s1. The van der Waals surface area contributed by atoms with Crippen LogP contribution in [0, 0.1) is 0 Å². The molecule has 0 aromatic carbocycles. The van der Waals surface area contributed by atoms with Gasteiger partial charge < -0.3 is 33.8 Å². The van der Waals surface area contributed by atoms with Gasteiger partial charge in [0.25, 0.3) is 0 Å². The molecular formula is C77H150O17P2. The third-order valence-electron chi connectivity index (χ3n) is 18.1. The molecule has 0 aliphatic carbocycles. The molecule has 96 heavy (non-hydrogen) atoms. The number of rotatable bonds is 78. The Labute approximate surface area is 588 Å². The Kier molecular flexibility index (Phi) is 70.0. The topological polar surface area (TPSA) is 237 Å². The van der Waals surface area contributed by atoms with E-state index >= 15 is 0 Å². The maximum atomic E-state index is 13.1. The van der Waals surface area contributed by atoms with Crippen LogP contribution in [0.25, 0.3) is 0 Å². The highest BCUT2D eigenvalue weighted by atomic mass is 31.2.